The summed E-state index contributed by atoms with van der Waals surface area (Å²) in [7, 11) is 0. The average Bonchev–Trinajstić information content (AvgIpc) is 2.58. The molecule has 1 aliphatic rings. The molecule has 0 unspecified atom stereocenters. The minimum absolute atomic E-state index is 0.133. The largest absolute Gasteiger partial charge is 0.468 e. The molecule has 23 heavy (non-hydrogen) atoms. The summed E-state index contributed by atoms with van der Waals surface area (Å²) in [5, 5.41) is 0. The van der Waals surface area contributed by atoms with Crippen molar-refractivity contribution in [3.63, 3.8) is 0 Å². The van der Waals surface area contributed by atoms with Crippen molar-refractivity contribution in [3.8, 4) is 0 Å². The molecule has 1 fully saturated rings. The van der Waals surface area contributed by atoms with Crippen molar-refractivity contribution in [1.82, 2.24) is 4.90 Å². The molecule has 134 valence electrons. The number of carbonyl (C=O) groups excluding carboxylic acids is 2. The van der Waals surface area contributed by atoms with E-state index in [0.29, 0.717) is 19.7 Å². The Hall–Kier alpha value is -1.26. The van der Waals surface area contributed by atoms with E-state index in [0.717, 1.165) is 57.5 Å². The number of piperidine rings is 1. The number of hydrogen-bond donors (Lipinski definition) is 0. The van der Waals surface area contributed by atoms with Gasteiger partial charge in [-0.3, -0.25) is 4.79 Å². The van der Waals surface area contributed by atoms with Crippen LogP contribution in [-0.2, 0) is 14.3 Å². The van der Waals surface area contributed by atoms with Gasteiger partial charge in [-0.2, -0.15) is 0 Å². The first-order valence-electron chi connectivity index (χ1n) is 9.24. The zero-order chi connectivity index (χ0) is 16.8. The van der Waals surface area contributed by atoms with Crippen LogP contribution in [0.25, 0.3) is 0 Å². The lowest BCUT2D eigenvalue weighted by molar-refractivity contribution is -0.128. The Labute approximate surface area is 140 Å². The van der Waals surface area contributed by atoms with Gasteiger partial charge in [0, 0.05) is 13.1 Å². The summed E-state index contributed by atoms with van der Waals surface area (Å²) in [6, 6.07) is 0. The van der Waals surface area contributed by atoms with Gasteiger partial charge >= 0.3 is 6.09 Å². The SMILES string of the molecule is CCCCCCOC(=O)N1CCC(CCCCCOC=O)CC1. The van der Waals surface area contributed by atoms with E-state index in [9.17, 15) is 9.59 Å². The molecule has 5 heteroatoms. The first kappa shape index (κ1) is 19.8. The summed E-state index contributed by atoms with van der Waals surface area (Å²) in [6.07, 6.45) is 11.0. The molecule has 0 aromatic rings. The van der Waals surface area contributed by atoms with E-state index in [4.69, 9.17) is 4.74 Å². The van der Waals surface area contributed by atoms with Crippen LogP contribution in [0.1, 0.15) is 71.1 Å². The normalized spacial score (nSPS) is 15.4. The van der Waals surface area contributed by atoms with E-state index in [-0.39, 0.29) is 6.09 Å². The van der Waals surface area contributed by atoms with Crippen LogP contribution in [0, 0.1) is 5.92 Å². The lowest BCUT2D eigenvalue weighted by Gasteiger charge is -2.31. The molecule has 0 N–H and O–H groups in total. The predicted octanol–water partition coefficient (Wildman–Crippen LogP) is 4.15. The summed E-state index contributed by atoms with van der Waals surface area (Å²) >= 11 is 0. The molecule has 0 atom stereocenters. The van der Waals surface area contributed by atoms with Crippen molar-refractivity contribution < 1.29 is 19.1 Å². The number of unbranched alkanes of at least 4 members (excludes halogenated alkanes) is 5. The third-order valence-corrected chi connectivity index (χ3v) is 4.54. The van der Waals surface area contributed by atoms with Crippen molar-refractivity contribution in [3.05, 3.63) is 0 Å². The lowest BCUT2D eigenvalue weighted by atomic mass is 9.91. The van der Waals surface area contributed by atoms with Crippen LogP contribution in [0.2, 0.25) is 0 Å². The number of carbonyl (C=O) groups is 2. The molecule has 5 nitrogen and oxygen atoms in total. The number of hydrogen-bond acceptors (Lipinski definition) is 4. The van der Waals surface area contributed by atoms with Crippen LogP contribution in [0.4, 0.5) is 4.79 Å². The van der Waals surface area contributed by atoms with E-state index in [1.54, 1.807) is 0 Å². The topological polar surface area (TPSA) is 55.8 Å². The van der Waals surface area contributed by atoms with Crippen molar-refractivity contribution in [2.45, 2.75) is 71.1 Å². The van der Waals surface area contributed by atoms with Gasteiger partial charge in [0.2, 0.25) is 0 Å². The van der Waals surface area contributed by atoms with Crippen LogP contribution >= 0.6 is 0 Å². The van der Waals surface area contributed by atoms with Gasteiger partial charge in [-0.05, 0) is 31.6 Å². The van der Waals surface area contributed by atoms with E-state index in [2.05, 4.69) is 11.7 Å². The van der Waals surface area contributed by atoms with Gasteiger partial charge in [-0.15, -0.1) is 0 Å². The fraction of sp³-hybridized carbons (Fsp3) is 0.889. The van der Waals surface area contributed by atoms with E-state index < -0.39 is 0 Å². The van der Waals surface area contributed by atoms with Crippen LogP contribution in [0.15, 0.2) is 0 Å². The van der Waals surface area contributed by atoms with Crippen molar-refractivity contribution >= 4 is 12.6 Å². The first-order valence-corrected chi connectivity index (χ1v) is 9.24. The predicted molar refractivity (Wildman–Crippen MR) is 90.3 cm³/mol. The lowest BCUT2D eigenvalue weighted by Crippen LogP contribution is -2.38. The van der Waals surface area contributed by atoms with E-state index in [1.807, 2.05) is 4.90 Å². The van der Waals surface area contributed by atoms with Gasteiger partial charge in [0.1, 0.15) is 0 Å². The van der Waals surface area contributed by atoms with Crippen molar-refractivity contribution in [2.75, 3.05) is 26.3 Å². The van der Waals surface area contributed by atoms with Gasteiger partial charge < -0.3 is 14.4 Å². The smallest absolute Gasteiger partial charge is 0.409 e. The summed E-state index contributed by atoms with van der Waals surface area (Å²) < 4.78 is 10.0. The fourth-order valence-electron chi connectivity index (χ4n) is 3.03. The van der Waals surface area contributed by atoms with Crippen molar-refractivity contribution in [2.24, 2.45) is 5.92 Å². The highest BCUT2D eigenvalue weighted by molar-refractivity contribution is 5.67. The first-order chi connectivity index (χ1) is 11.3. The highest BCUT2D eigenvalue weighted by Crippen LogP contribution is 2.23. The molecular weight excluding hydrogens is 294 g/mol. The van der Waals surface area contributed by atoms with Gasteiger partial charge in [0.05, 0.1) is 13.2 Å². The Morgan fingerprint density at radius 2 is 1.74 bits per heavy atom. The molecule has 0 saturated carbocycles. The molecule has 1 saturated heterocycles. The Bertz CT molecular complexity index is 314. The standard InChI is InChI=1S/C18H33NO4/c1-2-3-4-8-15-23-18(21)19-12-10-17(11-13-19)9-6-5-7-14-22-16-20/h16-17H,2-15H2,1H3. The third kappa shape index (κ3) is 9.47. The Morgan fingerprint density at radius 1 is 1.04 bits per heavy atom. The van der Waals surface area contributed by atoms with Gasteiger partial charge in [0.15, 0.2) is 0 Å². The second-order valence-electron chi connectivity index (χ2n) is 6.42. The molecule has 0 spiro atoms. The maximum atomic E-state index is 12.0. The molecule has 1 heterocycles. The molecule has 1 rings (SSSR count). The van der Waals surface area contributed by atoms with Gasteiger partial charge in [-0.25, -0.2) is 4.79 Å². The van der Waals surface area contributed by atoms with Crippen LogP contribution in [-0.4, -0.2) is 43.8 Å². The highest BCUT2D eigenvalue weighted by Gasteiger charge is 2.23. The van der Waals surface area contributed by atoms with Gasteiger partial charge in [-0.1, -0.05) is 45.4 Å². The molecule has 0 aromatic heterocycles. The Kier molecular flexibility index (Phi) is 11.4. The molecule has 0 aromatic carbocycles. The van der Waals surface area contributed by atoms with Crippen molar-refractivity contribution in [1.29, 1.82) is 0 Å². The van der Waals surface area contributed by atoms with Crippen LogP contribution in [0.3, 0.4) is 0 Å². The summed E-state index contributed by atoms with van der Waals surface area (Å²) in [6.45, 7) is 5.43. The second-order valence-corrected chi connectivity index (χ2v) is 6.42. The highest BCUT2D eigenvalue weighted by atomic mass is 16.6. The molecule has 1 aliphatic heterocycles. The maximum absolute atomic E-state index is 12.0. The van der Waals surface area contributed by atoms with Crippen LogP contribution in [0.5, 0.6) is 0 Å². The monoisotopic (exact) mass is 327 g/mol. The molecular formula is C18H33NO4. The number of likely N-dealkylation sites (tertiary alicyclic amines) is 1. The van der Waals surface area contributed by atoms with Gasteiger partial charge in [0.25, 0.3) is 6.47 Å². The zero-order valence-electron chi connectivity index (χ0n) is 14.6. The minimum atomic E-state index is -0.133. The minimum Gasteiger partial charge on any atom is -0.468 e. The maximum Gasteiger partial charge on any atom is 0.409 e. The number of ether oxygens (including phenoxy) is 2. The Balaban J connectivity index is 2.01. The average molecular weight is 327 g/mol. The molecule has 0 radical (unpaired) electrons. The quantitative estimate of drug-likeness (QED) is 0.399. The third-order valence-electron chi connectivity index (χ3n) is 4.54. The fourth-order valence-corrected chi connectivity index (χ4v) is 3.03. The summed E-state index contributed by atoms with van der Waals surface area (Å²) in [4.78, 5) is 23.8. The molecule has 1 amide bonds. The van der Waals surface area contributed by atoms with Crippen LogP contribution < -0.4 is 0 Å². The van der Waals surface area contributed by atoms with E-state index in [1.165, 1.54) is 25.7 Å². The van der Waals surface area contributed by atoms with E-state index >= 15 is 0 Å². The summed E-state index contributed by atoms with van der Waals surface area (Å²) in [5.74, 6) is 0.718. The molecule has 0 bridgehead atoms. The zero-order valence-corrected chi connectivity index (χ0v) is 14.6. The second kappa shape index (κ2) is 13.2. The Morgan fingerprint density at radius 3 is 2.43 bits per heavy atom. The number of amides is 1. The summed E-state index contributed by atoms with van der Waals surface area (Å²) in [5.41, 5.74) is 0. The number of nitrogens with zero attached hydrogens (tertiary/aromatic N) is 1. The molecule has 0 aliphatic carbocycles. The number of rotatable bonds is 12.